The van der Waals surface area contributed by atoms with Crippen molar-refractivity contribution in [2.75, 3.05) is 12.4 Å². The summed E-state index contributed by atoms with van der Waals surface area (Å²) in [5, 5.41) is 14.9. The molecule has 0 amide bonds. The molecule has 0 aromatic heterocycles. The van der Waals surface area contributed by atoms with Crippen LogP contribution in [0.4, 0.5) is 11.4 Å². The van der Waals surface area contributed by atoms with Gasteiger partial charge in [-0.15, -0.1) is 0 Å². The molecule has 2 aromatic carbocycles. The fraction of sp³-hybridized carbons (Fsp3) is 0.263. The van der Waals surface area contributed by atoms with Gasteiger partial charge in [-0.25, -0.2) is 0 Å². The van der Waals surface area contributed by atoms with E-state index >= 15 is 0 Å². The summed E-state index contributed by atoms with van der Waals surface area (Å²) < 4.78 is 5.52. The lowest BCUT2D eigenvalue weighted by molar-refractivity contribution is -0.384. The highest BCUT2D eigenvalue weighted by Crippen LogP contribution is 2.53. The smallest absolute Gasteiger partial charge is 0.292 e. The zero-order valence-corrected chi connectivity index (χ0v) is 13.3. The van der Waals surface area contributed by atoms with Gasteiger partial charge in [0.15, 0.2) is 0 Å². The van der Waals surface area contributed by atoms with Crippen LogP contribution in [0.1, 0.15) is 29.5 Å². The second-order valence-corrected chi connectivity index (χ2v) is 6.22. The van der Waals surface area contributed by atoms with Crippen LogP contribution in [0.3, 0.4) is 0 Å². The molecule has 2 aliphatic rings. The van der Waals surface area contributed by atoms with Gasteiger partial charge < -0.3 is 10.1 Å². The summed E-state index contributed by atoms with van der Waals surface area (Å²) in [6.45, 7) is 0. The predicted molar refractivity (Wildman–Crippen MR) is 92.4 cm³/mol. The molecule has 3 atom stereocenters. The summed E-state index contributed by atoms with van der Waals surface area (Å²) in [5.74, 6) is 1.33. The van der Waals surface area contributed by atoms with E-state index in [0.29, 0.717) is 11.6 Å². The van der Waals surface area contributed by atoms with Crippen molar-refractivity contribution < 1.29 is 9.66 Å². The average Bonchev–Trinajstić information content (AvgIpc) is 3.10. The van der Waals surface area contributed by atoms with Crippen molar-refractivity contribution in [1.29, 1.82) is 0 Å². The summed E-state index contributed by atoms with van der Waals surface area (Å²) in [6.07, 6.45) is 5.30. The number of rotatable bonds is 3. The van der Waals surface area contributed by atoms with Crippen molar-refractivity contribution in [2.24, 2.45) is 5.92 Å². The molecule has 122 valence electrons. The van der Waals surface area contributed by atoms with Crippen LogP contribution in [0.5, 0.6) is 5.75 Å². The first-order chi connectivity index (χ1) is 11.7. The summed E-state index contributed by atoms with van der Waals surface area (Å²) >= 11 is 0. The van der Waals surface area contributed by atoms with Gasteiger partial charge in [0.25, 0.3) is 5.69 Å². The number of nitro benzene ring substituents is 1. The summed E-state index contributed by atoms with van der Waals surface area (Å²) in [7, 11) is 1.66. The summed E-state index contributed by atoms with van der Waals surface area (Å²) in [4.78, 5) is 11.1. The molecule has 5 nitrogen and oxygen atoms in total. The van der Waals surface area contributed by atoms with Crippen LogP contribution in [-0.2, 0) is 0 Å². The fourth-order valence-corrected chi connectivity index (χ4v) is 3.99. The van der Waals surface area contributed by atoms with E-state index in [1.165, 1.54) is 0 Å². The number of allylic oxidation sites excluding steroid dienone is 2. The van der Waals surface area contributed by atoms with Crippen LogP contribution in [0.2, 0.25) is 0 Å². The first kappa shape index (κ1) is 14.8. The number of hydrogen-bond acceptors (Lipinski definition) is 4. The first-order valence-corrected chi connectivity index (χ1v) is 8.04. The molecule has 0 radical (unpaired) electrons. The number of hydrogen-bond donors (Lipinski definition) is 1. The normalized spacial score (nSPS) is 24.0. The molecule has 4 rings (SSSR count). The lowest BCUT2D eigenvalue weighted by atomic mass is 9.76. The van der Waals surface area contributed by atoms with E-state index in [-0.39, 0.29) is 22.6 Å². The standard InChI is InChI=1S/C19H18N2O3/c1-24-17-11-3-2-6-15(17)18-13-8-4-7-12(13)14-9-5-10-16(21(22)23)19(14)20-18/h2-7,9-13,18,20H,8H2,1H3/t12-,13+,18+/m0/s1. The third-order valence-electron chi connectivity index (χ3n) is 5.05. The Hall–Kier alpha value is -2.82. The first-order valence-electron chi connectivity index (χ1n) is 8.04. The molecule has 5 heteroatoms. The van der Waals surface area contributed by atoms with Crippen LogP contribution in [0.15, 0.2) is 54.6 Å². The van der Waals surface area contributed by atoms with Gasteiger partial charge in [-0.3, -0.25) is 10.1 Å². The Kier molecular flexibility index (Phi) is 3.49. The Morgan fingerprint density at radius 3 is 2.75 bits per heavy atom. The molecule has 0 saturated heterocycles. The molecule has 0 bridgehead atoms. The van der Waals surface area contributed by atoms with E-state index in [0.717, 1.165) is 23.3 Å². The predicted octanol–water partition coefficient (Wildman–Crippen LogP) is 4.43. The van der Waals surface area contributed by atoms with Crippen LogP contribution < -0.4 is 10.1 Å². The largest absolute Gasteiger partial charge is 0.496 e. The summed E-state index contributed by atoms with van der Waals surface area (Å²) in [6, 6.07) is 13.2. The van der Waals surface area contributed by atoms with E-state index in [1.807, 2.05) is 30.3 Å². The van der Waals surface area contributed by atoms with Crippen molar-refractivity contribution in [1.82, 2.24) is 0 Å². The zero-order valence-electron chi connectivity index (χ0n) is 13.3. The van der Waals surface area contributed by atoms with Gasteiger partial charge in [0.1, 0.15) is 11.4 Å². The molecule has 1 aliphatic heterocycles. The van der Waals surface area contributed by atoms with E-state index in [1.54, 1.807) is 19.2 Å². The number of benzene rings is 2. The second kappa shape index (κ2) is 5.67. The molecule has 2 aromatic rings. The molecule has 0 fully saturated rings. The molecular weight excluding hydrogens is 304 g/mol. The van der Waals surface area contributed by atoms with Gasteiger partial charge >= 0.3 is 0 Å². The van der Waals surface area contributed by atoms with Gasteiger partial charge in [-0.2, -0.15) is 0 Å². The van der Waals surface area contributed by atoms with Crippen LogP contribution in [0.25, 0.3) is 0 Å². The van der Waals surface area contributed by atoms with Crippen molar-refractivity contribution in [2.45, 2.75) is 18.4 Å². The topological polar surface area (TPSA) is 64.4 Å². The lowest BCUT2D eigenvalue weighted by Gasteiger charge is -2.37. The number of ether oxygens (including phenoxy) is 1. The van der Waals surface area contributed by atoms with E-state index < -0.39 is 0 Å². The highest BCUT2D eigenvalue weighted by atomic mass is 16.6. The second-order valence-electron chi connectivity index (χ2n) is 6.22. The van der Waals surface area contributed by atoms with Crippen LogP contribution in [-0.4, -0.2) is 12.0 Å². The maximum atomic E-state index is 11.5. The third kappa shape index (κ3) is 2.16. The highest BCUT2D eigenvalue weighted by molar-refractivity contribution is 5.71. The molecule has 1 aliphatic carbocycles. The number of para-hydroxylation sites is 2. The number of nitrogens with one attached hydrogen (secondary N) is 1. The van der Waals surface area contributed by atoms with Gasteiger partial charge in [-0.05, 0) is 24.0 Å². The van der Waals surface area contributed by atoms with Crippen molar-refractivity contribution in [3.05, 3.63) is 75.9 Å². The van der Waals surface area contributed by atoms with Crippen molar-refractivity contribution in [3.63, 3.8) is 0 Å². The Balaban J connectivity index is 1.86. The van der Waals surface area contributed by atoms with Crippen LogP contribution >= 0.6 is 0 Å². The fourth-order valence-electron chi connectivity index (χ4n) is 3.99. The minimum Gasteiger partial charge on any atom is -0.496 e. The molecule has 0 saturated carbocycles. The minimum atomic E-state index is -0.315. The summed E-state index contributed by atoms with van der Waals surface area (Å²) in [5.41, 5.74) is 2.81. The monoisotopic (exact) mass is 322 g/mol. The van der Waals surface area contributed by atoms with Crippen molar-refractivity contribution >= 4 is 11.4 Å². The van der Waals surface area contributed by atoms with Gasteiger partial charge in [-0.1, -0.05) is 42.5 Å². The van der Waals surface area contributed by atoms with Crippen molar-refractivity contribution in [3.8, 4) is 5.75 Å². The van der Waals surface area contributed by atoms with Gasteiger partial charge in [0, 0.05) is 17.5 Å². The van der Waals surface area contributed by atoms with Gasteiger partial charge in [0.2, 0.25) is 0 Å². The minimum absolute atomic E-state index is 0.0188. The molecule has 1 N–H and O–H groups in total. The Bertz CT molecular complexity index is 831. The quantitative estimate of drug-likeness (QED) is 0.516. The SMILES string of the molecule is COc1ccccc1[C@@H]1Nc2c(cccc2[N+](=O)[O-])[C@H]2C=CC[C@H]21. The van der Waals surface area contributed by atoms with Gasteiger partial charge in [0.05, 0.1) is 18.1 Å². The number of methoxy groups -OCH3 is 1. The number of anilines is 1. The molecule has 0 unspecified atom stereocenters. The van der Waals surface area contributed by atoms with Crippen LogP contribution in [0, 0.1) is 16.0 Å². The maximum absolute atomic E-state index is 11.5. The molecule has 1 heterocycles. The Morgan fingerprint density at radius 1 is 1.17 bits per heavy atom. The Morgan fingerprint density at radius 2 is 1.96 bits per heavy atom. The highest BCUT2D eigenvalue weighted by Gasteiger charge is 2.41. The zero-order chi connectivity index (χ0) is 16.7. The van der Waals surface area contributed by atoms with E-state index in [4.69, 9.17) is 4.74 Å². The average molecular weight is 322 g/mol. The molecular formula is C19H18N2O3. The third-order valence-corrected chi connectivity index (χ3v) is 5.05. The Labute approximate surface area is 140 Å². The van der Waals surface area contributed by atoms with E-state index in [9.17, 15) is 10.1 Å². The number of nitrogens with zero attached hydrogens (tertiary/aromatic N) is 1. The van der Waals surface area contributed by atoms with E-state index in [2.05, 4.69) is 17.5 Å². The lowest BCUT2D eigenvalue weighted by Crippen LogP contribution is -2.29. The number of fused-ring (bicyclic) bond motifs is 3. The maximum Gasteiger partial charge on any atom is 0.292 e. The molecule has 24 heavy (non-hydrogen) atoms. The molecule has 0 spiro atoms. The number of nitro groups is 1.